The minimum absolute atomic E-state index is 0.0902. The Morgan fingerprint density at radius 3 is 1.00 bits per heavy atom. The summed E-state index contributed by atoms with van der Waals surface area (Å²) in [7, 11) is 4.92. The van der Waals surface area contributed by atoms with E-state index in [1.807, 2.05) is 0 Å². The zero-order valence-electron chi connectivity index (χ0n) is 35.7. The number of nitrogens with two attached hydrogens (primary N) is 1. The lowest BCUT2D eigenvalue weighted by Crippen LogP contribution is -2.54. The lowest BCUT2D eigenvalue weighted by Gasteiger charge is -2.39. The van der Waals surface area contributed by atoms with Crippen LogP contribution < -0.4 is 5.73 Å². The second-order valence-corrected chi connectivity index (χ2v) is 16.9. The molecule has 0 unspecified atom stereocenters. The number of rotatable bonds is 36. The Morgan fingerprint density at radius 2 is 0.712 bits per heavy atom. The van der Waals surface area contributed by atoms with Gasteiger partial charge in [-0.3, -0.25) is 9.59 Å². The summed E-state index contributed by atoms with van der Waals surface area (Å²) in [5.41, 5.74) is 6.66. The molecular weight excluding hydrogens is 641 g/mol. The van der Waals surface area contributed by atoms with Crippen LogP contribution in [0.3, 0.4) is 0 Å². The van der Waals surface area contributed by atoms with E-state index in [-0.39, 0.29) is 5.91 Å². The molecule has 1 rings (SSSR count). The van der Waals surface area contributed by atoms with Crippen molar-refractivity contribution >= 4 is 11.8 Å². The SMILES string of the molecule is CCCCCCCC[N+](C)(CCCCCCCC)CCN(CC[N+](C)(CCCCCCCC)CCCCCCCC)C(=O)c1ccc(C(N)=O)cc1. The van der Waals surface area contributed by atoms with Crippen molar-refractivity contribution in [3.8, 4) is 0 Å². The summed E-state index contributed by atoms with van der Waals surface area (Å²) < 4.78 is 2.10. The first-order valence-corrected chi connectivity index (χ1v) is 22.5. The van der Waals surface area contributed by atoms with Gasteiger partial charge in [0.05, 0.1) is 66.5 Å². The van der Waals surface area contributed by atoms with E-state index in [9.17, 15) is 9.59 Å². The first kappa shape index (κ1) is 48.1. The van der Waals surface area contributed by atoms with Crippen molar-refractivity contribution in [1.82, 2.24) is 4.90 Å². The zero-order chi connectivity index (χ0) is 38.3. The number of hydrogen-bond acceptors (Lipinski definition) is 2. The number of benzene rings is 1. The van der Waals surface area contributed by atoms with Crippen LogP contribution in [0.15, 0.2) is 24.3 Å². The molecule has 0 fully saturated rings. The number of carbonyl (C=O) groups excluding carboxylic acids is 2. The Balaban J connectivity index is 3.15. The van der Waals surface area contributed by atoms with E-state index in [4.69, 9.17) is 5.73 Å². The van der Waals surface area contributed by atoms with Gasteiger partial charge in [0.2, 0.25) is 5.91 Å². The van der Waals surface area contributed by atoms with Gasteiger partial charge in [0.15, 0.2) is 0 Å². The summed E-state index contributed by atoms with van der Waals surface area (Å²) in [5.74, 6) is -0.363. The Kier molecular flexibility index (Phi) is 28.1. The number of likely N-dealkylation sites (N-methyl/N-ethyl adjacent to an activating group) is 2. The Bertz CT molecular complexity index is 932. The third-order valence-corrected chi connectivity index (χ3v) is 11.7. The molecule has 0 aliphatic heterocycles. The molecular formula is C46H88N4O2+2. The summed E-state index contributed by atoms with van der Waals surface area (Å²) in [6, 6.07) is 7.03. The van der Waals surface area contributed by atoms with Crippen LogP contribution in [-0.4, -0.2) is 92.1 Å². The minimum Gasteiger partial charge on any atom is -0.366 e. The smallest absolute Gasteiger partial charge is 0.254 e. The fourth-order valence-electron chi connectivity index (χ4n) is 7.77. The summed E-state index contributed by atoms with van der Waals surface area (Å²) >= 11 is 0. The van der Waals surface area contributed by atoms with Crippen molar-refractivity contribution in [2.24, 2.45) is 5.73 Å². The fourth-order valence-corrected chi connectivity index (χ4v) is 7.77. The monoisotopic (exact) mass is 729 g/mol. The van der Waals surface area contributed by atoms with E-state index in [2.05, 4.69) is 46.7 Å². The summed E-state index contributed by atoms with van der Waals surface area (Å²) in [6.07, 6.45) is 31.6. The Hall–Kier alpha value is -1.92. The van der Waals surface area contributed by atoms with Crippen molar-refractivity contribution in [3.05, 3.63) is 35.4 Å². The van der Waals surface area contributed by atoms with Crippen LogP contribution in [0, 0.1) is 0 Å². The Labute approximate surface area is 323 Å². The molecule has 0 bridgehead atoms. The van der Waals surface area contributed by atoms with Gasteiger partial charge in [-0.15, -0.1) is 0 Å². The lowest BCUT2D eigenvalue weighted by atomic mass is 10.1. The Morgan fingerprint density at radius 1 is 0.442 bits per heavy atom. The van der Waals surface area contributed by atoms with Gasteiger partial charge in [0.1, 0.15) is 0 Å². The second kappa shape index (κ2) is 30.4. The topological polar surface area (TPSA) is 63.4 Å². The van der Waals surface area contributed by atoms with Gasteiger partial charge in [-0.2, -0.15) is 0 Å². The number of amides is 2. The van der Waals surface area contributed by atoms with Gasteiger partial charge in [0, 0.05) is 11.1 Å². The van der Waals surface area contributed by atoms with Crippen LogP contribution in [0.2, 0.25) is 0 Å². The number of quaternary nitrogens is 2. The van der Waals surface area contributed by atoms with Gasteiger partial charge >= 0.3 is 0 Å². The molecule has 0 radical (unpaired) electrons. The molecule has 0 saturated heterocycles. The van der Waals surface area contributed by atoms with Gasteiger partial charge in [-0.25, -0.2) is 0 Å². The molecule has 0 aliphatic rings. The molecule has 1 aromatic carbocycles. The molecule has 52 heavy (non-hydrogen) atoms. The molecule has 6 nitrogen and oxygen atoms in total. The zero-order valence-corrected chi connectivity index (χ0v) is 35.7. The molecule has 0 atom stereocenters. The highest BCUT2D eigenvalue weighted by atomic mass is 16.2. The predicted molar refractivity (Wildman–Crippen MR) is 226 cm³/mol. The number of hydrogen-bond donors (Lipinski definition) is 1. The van der Waals surface area contributed by atoms with Crippen LogP contribution in [-0.2, 0) is 0 Å². The fraction of sp³-hybridized carbons (Fsp3) is 0.826. The van der Waals surface area contributed by atoms with E-state index in [1.54, 1.807) is 24.3 Å². The highest BCUT2D eigenvalue weighted by Crippen LogP contribution is 2.18. The van der Waals surface area contributed by atoms with E-state index in [1.165, 1.54) is 180 Å². The molecule has 0 spiro atoms. The van der Waals surface area contributed by atoms with Crippen LogP contribution in [0.5, 0.6) is 0 Å². The quantitative estimate of drug-likeness (QED) is 0.0552. The van der Waals surface area contributed by atoms with Gasteiger partial charge < -0.3 is 19.6 Å². The molecule has 2 amide bonds. The van der Waals surface area contributed by atoms with Crippen molar-refractivity contribution in [3.63, 3.8) is 0 Å². The largest absolute Gasteiger partial charge is 0.366 e. The van der Waals surface area contributed by atoms with Crippen molar-refractivity contribution in [1.29, 1.82) is 0 Å². The van der Waals surface area contributed by atoms with E-state index >= 15 is 0 Å². The number of unbranched alkanes of at least 4 members (excludes halogenated alkanes) is 20. The molecule has 302 valence electrons. The first-order chi connectivity index (χ1) is 25.1. The summed E-state index contributed by atoms with van der Waals surface area (Å²) in [5, 5.41) is 0. The van der Waals surface area contributed by atoms with E-state index in [0.29, 0.717) is 11.1 Å². The standard InChI is InChI=1S/C46H87N4O2/c1-7-11-15-19-23-27-37-49(5,38-28-24-20-16-12-8-2)41-35-48(46(52)44-33-31-43(32-34-44)45(47)51)36-42-50(6,39-29-25-21-17-13-9-3)40-30-26-22-18-14-10-4/h31-34H,7-30,35-42H2,1-6H3,(H-,47,51)/q+1/p+1. The lowest BCUT2D eigenvalue weighted by molar-refractivity contribution is -0.911. The maximum absolute atomic E-state index is 14.3. The third-order valence-electron chi connectivity index (χ3n) is 11.7. The van der Waals surface area contributed by atoms with Crippen LogP contribution in [0.1, 0.15) is 203 Å². The normalized spacial score (nSPS) is 12.0. The maximum atomic E-state index is 14.3. The van der Waals surface area contributed by atoms with Gasteiger partial charge in [0.25, 0.3) is 5.91 Å². The van der Waals surface area contributed by atoms with Gasteiger partial charge in [-0.1, -0.05) is 130 Å². The molecule has 0 aliphatic carbocycles. The number of primary amides is 1. The first-order valence-electron chi connectivity index (χ1n) is 22.5. The summed E-state index contributed by atoms with van der Waals surface area (Å²) in [4.78, 5) is 28.3. The minimum atomic E-state index is -0.453. The molecule has 1 aromatic rings. The summed E-state index contributed by atoms with van der Waals surface area (Å²) in [6.45, 7) is 17.5. The molecule has 0 saturated carbocycles. The highest BCUT2D eigenvalue weighted by molar-refractivity contribution is 5.97. The van der Waals surface area contributed by atoms with Crippen LogP contribution >= 0.6 is 0 Å². The molecule has 2 N–H and O–H groups in total. The average molecular weight is 729 g/mol. The molecule has 6 heteroatoms. The van der Waals surface area contributed by atoms with Gasteiger partial charge in [-0.05, 0) is 75.6 Å². The number of nitrogens with zero attached hydrogens (tertiary/aromatic N) is 3. The van der Waals surface area contributed by atoms with Crippen LogP contribution in [0.4, 0.5) is 0 Å². The number of carbonyl (C=O) groups is 2. The van der Waals surface area contributed by atoms with E-state index < -0.39 is 5.91 Å². The predicted octanol–water partition coefficient (Wildman–Crippen LogP) is 11.6. The maximum Gasteiger partial charge on any atom is 0.254 e. The van der Waals surface area contributed by atoms with Crippen molar-refractivity contribution < 1.29 is 18.6 Å². The van der Waals surface area contributed by atoms with Crippen molar-refractivity contribution in [2.75, 3.05) is 66.5 Å². The highest BCUT2D eigenvalue weighted by Gasteiger charge is 2.28. The molecule has 0 heterocycles. The third kappa shape index (κ3) is 23.0. The second-order valence-electron chi connectivity index (χ2n) is 16.9. The molecule has 0 aromatic heterocycles. The van der Waals surface area contributed by atoms with Crippen molar-refractivity contribution in [2.45, 2.75) is 182 Å². The van der Waals surface area contributed by atoms with E-state index in [0.717, 1.165) is 35.1 Å². The average Bonchev–Trinajstić information content (AvgIpc) is 3.14. The van der Waals surface area contributed by atoms with Crippen LogP contribution in [0.25, 0.3) is 0 Å².